The molecular formula is C40H34N8O3. The van der Waals surface area contributed by atoms with Gasteiger partial charge in [0.05, 0.1) is 23.0 Å². The average Bonchev–Trinajstić information content (AvgIpc) is 3.52. The van der Waals surface area contributed by atoms with Gasteiger partial charge < -0.3 is 16.0 Å². The maximum Gasteiger partial charge on any atom is 0.263 e. The molecule has 0 atom stereocenters. The van der Waals surface area contributed by atoms with Crippen LogP contribution in [0.5, 0.6) is 0 Å². The number of nitrogens with zero attached hydrogens (tertiary/aromatic N) is 5. The number of nitrogens with one attached hydrogen (secondary N) is 2. The van der Waals surface area contributed by atoms with Crippen LogP contribution in [-0.2, 0) is 6.54 Å². The molecule has 8 rings (SSSR count). The van der Waals surface area contributed by atoms with Crippen molar-refractivity contribution in [2.24, 2.45) is 0 Å². The molecule has 11 heteroatoms. The molecule has 0 spiro atoms. The van der Waals surface area contributed by atoms with E-state index in [9.17, 15) is 14.4 Å². The van der Waals surface area contributed by atoms with Crippen LogP contribution in [-0.4, -0.2) is 42.3 Å². The van der Waals surface area contributed by atoms with Gasteiger partial charge in [-0.15, -0.1) is 0 Å². The standard InChI is InChI=1S/C31H27N7O2.C9H7NO/c1-18-8-4-5-13-24(18)38-23(15-20-10-6-9-19(2)25(20)31(38)40)16-37-29-26(28(32)34-17-35-29)27(36-37)21-11-7-12-22(14-21)30(39)33-3;11-9-8-4-2-1-3-7(8)5-6-10-9/h4-15,17H,16H2,1-3H3,(H,33,39)(H2,32,34,35);1-6H,(H,10,11). The number of aromatic nitrogens is 6. The summed E-state index contributed by atoms with van der Waals surface area (Å²) in [6, 6.07) is 32.3. The van der Waals surface area contributed by atoms with Gasteiger partial charge in [0.25, 0.3) is 17.0 Å². The van der Waals surface area contributed by atoms with Crippen LogP contribution in [0.1, 0.15) is 27.2 Å². The second kappa shape index (κ2) is 13.6. The number of fused-ring (bicyclic) bond motifs is 3. The van der Waals surface area contributed by atoms with E-state index >= 15 is 0 Å². The molecule has 252 valence electrons. The van der Waals surface area contributed by atoms with E-state index in [1.54, 1.807) is 40.7 Å². The van der Waals surface area contributed by atoms with E-state index < -0.39 is 0 Å². The van der Waals surface area contributed by atoms with Crippen LogP contribution in [0.2, 0.25) is 0 Å². The normalized spacial score (nSPS) is 11.0. The zero-order valence-corrected chi connectivity index (χ0v) is 28.2. The van der Waals surface area contributed by atoms with Gasteiger partial charge in [-0.2, -0.15) is 5.10 Å². The minimum Gasteiger partial charge on any atom is -0.383 e. The Morgan fingerprint density at radius 3 is 2.37 bits per heavy atom. The van der Waals surface area contributed by atoms with Gasteiger partial charge >= 0.3 is 0 Å². The largest absolute Gasteiger partial charge is 0.383 e. The lowest BCUT2D eigenvalue weighted by Crippen LogP contribution is -2.25. The van der Waals surface area contributed by atoms with Crippen LogP contribution in [0, 0.1) is 13.8 Å². The number of aryl methyl sites for hydroxylation is 2. The minimum absolute atomic E-state index is 0.0249. The van der Waals surface area contributed by atoms with Crippen molar-refractivity contribution in [1.82, 2.24) is 34.6 Å². The van der Waals surface area contributed by atoms with Crippen molar-refractivity contribution in [3.63, 3.8) is 0 Å². The number of carbonyl (C=O) groups is 1. The number of aromatic amines is 1. The summed E-state index contributed by atoms with van der Waals surface area (Å²) in [4.78, 5) is 48.8. The molecule has 1 amide bonds. The Kier molecular flexibility index (Phi) is 8.68. The summed E-state index contributed by atoms with van der Waals surface area (Å²) >= 11 is 0. The number of H-pyrrole nitrogens is 1. The number of benzene rings is 4. The lowest BCUT2D eigenvalue weighted by molar-refractivity contribution is 0.0963. The van der Waals surface area contributed by atoms with Crippen molar-refractivity contribution in [2.75, 3.05) is 12.8 Å². The van der Waals surface area contributed by atoms with Gasteiger partial charge in [0.1, 0.15) is 17.8 Å². The third kappa shape index (κ3) is 6.12. The summed E-state index contributed by atoms with van der Waals surface area (Å²) in [5.41, 5.74) is 11.9. The first-order valence-electron chi connectivity index (χ1n) is 16.3. The van der Waals surface area contributed by atoms with Crippen LogP contribution in [0.4, 0.5) is 5.82 Å². The predicted molar refractivity (Wildman–Crippen MR) is 201 cm³/mol. The fourth-order valence-corrected chi connectivity index (χ4v) is 6.37. The summed E-state index contributed by atoms with van der Waals surface area (Å²) < 4.78 is 3.50. The van der Waals surface area contributed by atoms with E-state index in [1.807, 2.05) is 98.8 Å². The van der Waals surface area contributed by atoms with Gasteiger partial charge in [0.2, 0.25) is 0 Å². The Bertz CT molecular complexity index is 2720. The molecule has 0 radical (unpaired) electrons. The SMILES string of the molecule is CNC(=O)c1cccc(-c2nn(Cc3cc4cccc(C)c4c(=O)n3-c3ccccc3C)c3ncnc(N)c23)c1.O=c1[nH]ccc2ccccc12. The molecule has 4 aromatic carbocycles. The number of pyridine rings is 2. The fourth-order valence-electron chi connectivity index (χ4n) is 6.37. The molecule has 0 aliphatic heterocycles. The zero-order chi connectivity index (χ0) is 35.6. The molecule has 0 aliphatic carbocycles. The minimum atomic E-state index is -0.205. The quantitative estimate of drug-likeness (QED) is 0.204. The highest BCUT2D eigenvalue weighted by Gasteiger charge is 2.21. The first kappa shape index (κ1) is 32.7. The Balaban J connectivity index is 0.000000313. The third-order valence-electron chi connectivity index (χ3n) is 8.87. The number of amides is 1. The second-order valence-electron chi connectivity index (χ2n) is 12.1. The van der Waals surface area contributed by atoms with Gasteiger partial charge in [-0.3, -0.25) is 19.0 Å². The Morgan fingerprint density at radius 2 is 1.57 bits per heavy atom. The van der Waals surface area contributed by atoms with E-state index in [1.165, 1.54) is 6.33 Å². The molecule has 0 bridgehead atoms. The molecule has 0 saturated heterocycles. The van der Waals surface area contributed by atoms with E-state index in [4.69, 9.17) is 10.8 Å². The maximum absolute atomic E-state index is 14.0. The lowest BCUT2D eigenvalue weighted by Gasteiger charge is -2.17. The number of para-hydroxylation sites is 1. The first-order chi connectivity index (χ1) is 24.7. The summed E-state index contributed by atoms with van der Waals surface area (Å²) in [6.07, 6.45) is 3.06. The predicted octanol–water partition coefficient (Wildman–Crippen LogP) is 5.93. The molecule has 0 saturated carbocycles. The molecule has 0 fully saturated rings. The molecular weight excluding hydrogens is 640 g/mol. The number of carbonyl (C=O) groups excluding carboxylic acids is 1. The first-order valence-corrected chi connectivity index (χ1v) is 16.3. The van der Waals surface area contributed by atoms with E-state index in [0.717, 1.165) is 38.7 Å². The van der Waals surface area contributed by atoms with Crippen molar-refractivity contribution >= 4 is 44.3 Å². The number of nitrogens with two attached hydrogens (primary N) is 1. The Morgan fingerprint density at radius 1 is 0.824 bits per heavy atom. The van der Waals surface area contributed by atoms with Crippen LogP contribution >= 0.6 is 0 Å². The highest BCUT2D eigenvalue weighted by molar-refractivity contribution is 6.00. The molecule has 4 heterocycles. The van der Waals surface area contributed by atoms with Gasteiger partial charge in [0.15, 0.2) is 5.65 Å². The average molecular weight is 675 g/mol. The van der Waals surface area contributed by atoms with Crippen molar-refractivity contribution in [1.29, 1.82) is 0 Å². The summed E-state index contributed by atoms with van der Waals surface area (Å²) in [6.45, 7) is 4.18. The fraction of sp³-hybridized carbons (Fsp3) is 0.100. The molecule has 51 heavy (non-hydrogen) atoms. The number of anilines is 1. The third-order valence-corrected chi connectivity index (χ3v) is 8.87. The second-order valence-corrected chi connectivity index (χ2v) is 12.1. The molecule has 11 nitrogen and oxygen atoms in total. The highest BCUT2D eigenvalue weighted by Crippen LogP contribution is 2.31. The molecule has 0 unspecified atom stereocenters. The van der Waals surface area contributed by atoms with E-state index in [2.05, 4.69) is 20.3 Å². The van der Waals surface area contributed by atoms with Crippen molar-refractivity contribution in [2.45, 2.75) is 20.4 Å². The van der Waals surface area contributed by atoms with Crippen molar-refractivity contribution in [3.8, 4) is 16.9 Å². The number of rotatable bonds is 5. The molecule has 4 N–H and O–H groups in total. The van der Waals surface area contributed by atoms with Gasteiger partial charge in [-0.25, -0.2) is 14.6 Å². The van der Waals surface area contributed by atoms with Crippen molar-refractivity contribution < 1.29 is 4.79 Å². The Labute approximate surface area is 292 Å². The monoisotopic (exact) mass is 674 g/mol. The van der Waals surface area contributed by atoms with Gasteiger partial charge in [-0.05, 0) is 72.1 Å². The molecule has 4 aromatic heterocycles. The summed E-state index contributed by atoms with van der Waals surface area (Å²) in [5, 5.41) is 11.4. The van der Waals surface area contributed by atoms with Crippen LogP contribution in [0.3, 0.4) is 0 Å². The van der Waals surface area contributed by atoms with Crippen LogP contribution < -0.4 is 22.2 Å². The van der Waals surface area contributed by atoms with Crippen LogP contribution in [0.25, 0.3) is 49.5 Å². The van der Waals surface area contributed by atoms with Crippen molar-refractivity contribution in [3.05, 3.63) is 159 Å². The molecule has 8 aromatic rings. The number of hydrogen-bond acceptors (Lipinski definition) is 7. The summed E-state index contributed by atoms with van der Waals surface area (Å²) in [5.74, 6) is 0.0746. The zero-order valence-electron chi connectivity index (χ0n) is 28.2. The van der Waals surface area contributed by atoms with Crippen LogP contribution in [0.15, 0.2) is 125 Å². The van der Waals surface area contributed by atoms with Gasteiger partial charge in [0, 0.05) is 35.5 Å². The molecule has 0 aliphatic rings. The number of hydrogen-bond donors (Lipinski definition) is 3. The highest BCUT2D eigenvalue weighted by atomic mass is 16.1. The topological polar surface area (TPSA) is 154 Å². The number of nitrogen functional groups attached to an aromatic ring is 1. The smallest absolute Gasteiger partial charge is 0.263 e. The maximum atomic E-state index is 14.0. The summed E-state index contributed by atoms with van der Waals surface area (Å²) in [7, 11) is 1.59. The van der Waals surface area contributed by atoms with E-state index in [0.29, 0.717) is 33.2 Å². The Hall–Kier alpha value is -6.88. The van der Waals surface area contributed by atoms with Gasteiger partial charge in [-0.1, -0.05) is 66.7 Å². The van der Waals surface area contributed by atoms with E-state index in [-0.39, 0.29) is 29.4 Å². The lowest BCUT2D eigenvalue weighted by atomic mass is 10.1.